The Balaban J connectivity index is 1.54. The maximum atomic E-state index is 14.5. The number of amides is 4. The van der Waals surface area contributed by atoms with E-state index in [2.05, 4.69) is 11.2 Å². The standard InChI is InChI=1S/C33H34F2N6O4/c1-4-14-39-21-31(43)40-29(15-22-10-12-25(42)13-11-22)32(44)38(19-24-16-26(34)27(35)17-28(24)37(2)3)20-30(40)41(39)33(45)36-18-23-8-6-5-7-9-23/h1,5-13,16-17,29-30,42H,14-15,18-21H2,2-3H3,(H,36,45)/t29-,30-/m0/s1. The molecule has 2 N–H and O–H groups in total. The number of rotatable bonds is 8. The highest BCUT2D eigenvalue weighted by Gasteiger charge is 2.51. The van der Waals surface area contributed by atoms with Gasteiger partial charge in [-0.1, -0.05) is 48.4 Å². The lowest BCUT2D eigenvalue weighted by Gasteiger charge is -2.55. The highest BCUT2D eigenvalue weighted by atomic mass is 19.2. The first kappa shape index (κ1) is 31.3. The van der Waals surface area contributed by atoms with Crippen LogP contribution in [0.5, 0.6) is 5.75 Å². The Labute approximate surface area is 260 Å². The van der Waals surface area contributed by atoms with Gasteiger partial charge in [-0.15, -0.1) is 6.42 Å². The van der Waals surface area contributed by atoms with Gasteiger partial charge in [-0.2, -0.15) is 5.01 Å². The zero-order valence-electron chi connectivity index (χ0n) is 25.0. The summed E-state index contributed by atoms with van der Waals surface area (Å²) in [5.41, 5.74) is 2.27. The van der Waals surface area contributed by atoms with Crippen LogP contribution in [0.3, 0.4) is 0 Å². The molecule has 4 amide bonds. The van der Waals surface area contributed by atoms with Gasteiger partial charge < -0.3 is 25.1 Å². The first-order valence-corrected chi connectivity index (χ1v) is 14.4. The number of carbonyl (C=O) groups excluding carboxylic acids is 3. The fourth-order valence-corrected chi connectivity index (χ4v) is 5.82. The smallest absolute Gasteiger partial charge is 0.334 e. The lowest BCUT2D eigenvalue weighted by molar-refractivity contribution is -0.189. The molecule has 3 aromatic carbocycles. The number of halogens is 2. The van der Waals surface area contributed by atoms with E-state index in [4.69, 9.17) is 6.42 Å². The van der Waals surface area contributed by atoms with Crippen molar-refractivity contribution in [3.05, 3.63) is 95.1 Å². The number of phenols is 1. The fraction of sp³-hybridized carbons (Fsp3) is 0.303. The molecule has 0 unspecified atom stereocenters. The third kappa shape index (κ3) is 6.68. The predicted octanol–water partition coefficient (Wildman–Crippen LogP) is 2.92. The van der Waals surface area contributed by atoms with Gasteiger partial charge in [0.15, 0.2) is 11.6 Å². The van der Waals surface area contributed by atoms with Crippen molar-refractivity contribution in [2.75, 3.05) is 38.6 Å². The van der Waals surface area contributed by atoms with Crippen LogP contribution in [0.4, 0.5) is 19.3 Å². The maximum Gasteiger partial charge on any atom is 0.334 e. The predicted molar refractivity (Wildman–Crippen MR) is 163 cm³/mol. The zero-order valence-corrected chi connectivity index (χ0v) is 25.0. The Morgan fingerprint density at radius 2 is 1.73 bits per heavy atom. The van der Waals surface area contributed by atoms with Crippen molar-refractivity contribution in [3.63, 3.8) is 0 Å². The van der Waals surface area contributed by atoms with Gasteiger partial charge in [0.05, 0.1) is 19.6 Å². The minimum atomic E-state index is -1.06. The molecule has 10 nitrogen and oxygen atoms in total. The number of fused-ring (bicyclic) bond motifs is 1. The number of nitrogens with zero attached hydrogens (tertiary/aromatic N) is 5. The molecule has 0 aromatic heterocycles. The Kier molecular flexibility index (Phi) is 9.20. The Hall–Kier alpha value is -5.15. The third-order valence-electron chi connectivity index (χ3n) is 7.93. The number of terminal acetylenes is 1. The number of hydrogen-bond acceptors (Lipinski definition) is 6. The number of nitrogens with one attached hydrogen (secondary N) is 1. The molecule has 45 heavy (non-hydrogen) atoms. The molecule has 0 bridgehead atoms. The highest BCUT2D eigenvalue weighted by molar-refractivity contribution is 5.92. The topological polar surface area (TPSA) is 99.7 Å². The van der Waals surface area contributed by atoms with Crippen molar-refractivity contribution in [3.8, 4) is 18.1 Å². The molecule has 2 fully saturated rings. The van der Waals surface area contributed by atoms with Crippen LogP contribution >= 0.6 is 0 Å². The van der Waals surface area contributed by atoms with Crippen LogP contribution in [-0.2, 0) is 29.1 Å². The number of hydrazine groups is 1. The van der Waals surface area contributed by atoms with Crippen LogP contribution in [-0.4, -0.2) is 88.7 Å². The Bertz CT molecular complexity index is 1610. The minimum Gasteiger partial charge on any atom is -0.508 e. The van der Waals surface area contributed by atoms with E-state index in [0.717, 1.165) is 17.7 Å². The van der Waals surface area contributed by atoms with Crippen molar-refractivity contribution in [1.82, 2.24) is 25.1 Å². The summed E-state index contributed by atoms with van der Waals surface area (Å²) in [6.45, 7) is -0.279. The molecule has 3 aromatic rings. The highest BCUT2D eigenvalue weighted by Crippen LogP contribution is 2.31. The molecule has 0 spiro atoms. The second kappa shape index (κ2) is 13.2. The van der Waals surface area contributed by atoms with Gasteiger partial charge in [0.1, 0.15) is 18.0 Å². The number of hydrogen-bond donors (Lipinski definition) is 2. The average molecular weight is 617 g/mol. The van der Waals surface area contributed by atoms with Crippen molar-refractivity contribution < 1.29 is 28.3 Å². The van der Waals surface area contributed by atoms with E-state index in [-0.39, 0.29) is 50.8 Å². The normalized spacial score (nSPS) is 18.4. The number of benzene rings is 3. The van der Waals surface area contributed by atoms with Crippen LogP contribution in [0, 0.1) is 24.0 Å². The van der Waals surface area contributed by atoms with Crippen LogP contribution in [0.25, 0.3) is 0 Å². The van der Waals surface area contributed by atoms with Gasteiger partial charge in [0, 0.05) is 45.4 Å². The van der Waals surface area contributed by atoms with Crippen molar-refractivity contribution in [1.29, 1.82) is 0 Å². The number of carbonyl (C=O) groups is 3. The number of phenolic OH excluding ortho intramolecular Hbond substituents is 1. The summed E-state index contributed by atoms with van der Waals surface area (Å²) in [6.07, 6.45) is 4.77. The molecule has 2 aliphatic rings. The molecule has 0 aliphatic carbocycles. The van der Waals surface area contributed by atoms with Crippen LogP contribution in [0.2, 0.25) is 0 Å². The zero-order chi connectivity index (χ0) is 32.2. The van der Waals surface area contributed by atoms with Crippen LogP contribution in [0.1, 0.15) is 16.7 Å². The fourth-order valence-electron chi connectivity index (χ4n) is 5.82. The average Bonchev–Trinajstić information content (AvgIpc) is 3.01. The van der Waals surface area contributed by atoms with Crippen LogP contribution in [0.15, 0.2) is 66.7 Å². The van der Waals surface area contributed by atoms with E-state index in [1.54, 1.807) is 31.1 Å². The lowest BCUT2D eigenvalue weighted by atomic mass is 9.98. The number of anilines is 1. The Morgan fingerprint density at radius 3 is 2.40 bits per heavy atom. The van der Waals surface area contributed by atoms with E-state index in [1.807, 2.05) is 30.3 Å². The first-order chi connectivity index (χ1) is 21.6. The molecule has 5 rings (SSSR count). The molecule has 2 atom stereocenters. The van der Waals surface area contributed by atoms with E-state index in [9.17, 15) is 28.3 Å². The number of piperazine rings is 1. The second-order valence-corrected chi connectivity index (χ2v) is 11.2. The summed E-state index contributed by atoms with van der Waals surface area (Å²) >= 11 is 0. The second-order valence-electron chi connectivity index (χ2n) is 11.2. The number of aromatic hydroxyl groups is 1. The van der Waals surface area contributed by atoms with Gasteiger partial charge in [0.2, 0.25) is 11.8 Å². The van der Waals surface area contributed by atoms with Gasteiger partial charge in [0.25, 0.3) is 0 Å². The van der Waals surface area contributed by atoms with E-state index in [1.165, 1.54) is 32.0 Å². The van der Waals surface area contributed by atoms with Gasteiger partial charge in [-0.05, 0) is 34.9 Å². The number of urea groups is 1. The van der Waals surface area contributed by atoms with Gasteiger partial charge >= 0.3 is 6.03 Å². The summed E-state index contributed by atoms with van der Waals surface area (Å²) in [5, 5.41) is 15.5. The molecular weight excluding hydrogens is 582 g/mol. The van der Waals surface area contributed by atoms with Crippen molar-refractivity contribution in [2.24, 2.45) is 0 Å². The molecule has 234 valence electrons. The summed E-state index contributed by atoms with van der Waals surface area (Å²) in [4.78, 5) is 46.2. The minimum absolute atomic E-state index is 0.0423. The van der Waals surface area contributed by atoms with E-state index < -0.39 is 35.8 Å². The largest absolute Gasteiger partial charge is 0.508 e. The molecule has 2 heterocycles. The molecule has 0 saturated carbocycles. The molecule has 12 heteroatoms. The summed E-state index contributed by atoms with van der Waals surface area (Å²) < 4.78 is 28.7. The quantitative estimate of drug-likeness (QED) is 0.378. The van der Waals surface area contributed by atoms with Crippen LogP contribution < -0.4 is 10.2 Å². The molecular formula is C33H34F2N6O4. The van der Waals surface area contributed by atoms with Gasteiger partial charge in [-0.3, -0.25) is 9.59 Å². The van der Waals surface area contributed by atoms with E-state index in [0.29, 0.717) is 16.8 Å². The maximum absolute atomic E-state index is 14.5. The van der Waals surface area contributed by atoms with Crippen molar-refractivity contribution in [2.45, 2.75) is 31.7 Å². The third-order valence-corrected chi connectivity index (χ3v) is 7.93. The first-order valence-electron chi connectivity index (χ1n) is 14.4. The monoisotopic (exact) mass is 616 g/mol. The molecule has 2 saturated heterocycles. The lowest BCUT2D eigenvalue weighted by Crippen LogP contribution is -2.76. The summed E-state index contributed by atoms with van der Waals surface area (Å²) in [5.74, 6) is -0.335. The SMILES string of the molecule is C#CCN1CC(=O)N2[C@@H](Cc3ccc(O)cc3)C(=O)N(Cc3cc(F)c(F)cc3N(C)C)C[C@@H]2N1C(=O)NCc1ccccc1. The Morgan fingerprint density at radius 1 is 1.04 bits per heavy atom. The van der Waals surface area contributed by atoms with Crippen molar-refractivity contribution >= 4 is 23.5 Å². The molecule has 0 radical (unpaired) electrons. The summed E-state index contributed by atoms with van der Waals surface area (Å²) in [7, 11) is 3.36. The van der Waals surface area contributed by atoms with Gasteiger partial charge in [-0.25, -0.2) is 18.6 Å². The van der Waals surface area contributed by atoms with E-state index >= 15 is 0 Å². The molecule has 2 aliphatic heterocycles. The summed E-state index contributed by atoms with van der Waals surface area (Å²) in [6, 6.07) is 16.2.